The van der Waals surface area contributed by atoms with E-state index in [1.165, 1.54) is 12.1 Å². The van der Waals surface area contributed by atoms with Crippen molar-refractivity contribution in [1.29, 1.82) is 0 Å². The molecule has 1 N–H and O–H groups in total. The van der Waals surface area contributed by atoms with Crippen LogP contribution in [-0.4, -0.2) is 12.1 Å². The Balaban J connectivity index is 1.67. The minimum absolute atomic E-state index is 0.259. The molecule has 1 fully saturated rings. The van der Waals surface area contributed by atoms with Crippen LogP contribution < -0.4 is 10.1 Å². The van der Waals surface area contributed by atoms with Crippen molar-refractivity contribution in [3.8, 4) is 16.9 Å². The first kappa shape index (κ1) is 12.7. The Morgan fingerprint density at radius 2 is 1.55 bits per heavy atom. The Bertz CT molecular complexity index is 603. The molecule has 0 radical (unpaired) electrons. The number of rotatable bonds is 3. The van der Waals surface area contributed by atoms with Gasteiger partial charge in [0.05, 0.1) is 0 Å². The first-order valence-corrected chi connectivity index (χ1v) is 6.55. The molecule has 0 spiro atoms. The summed E-state index contributed by atoms with van der Waals surface area (Å²) in [7, 11) is 0. The van der Waals surface area contributed by atoms with Gasteiger partial charge in [0.2, 0.25) is 0 Å². The van der Waals surface area contributed by atoms with Crippen molar-refractivity contribution in [3.63, 3.8) is 0 Å². The maximum atomic E-state index is 12.9. The normalized spacial score (nSPS) is 13.8. The van der Waals surface area contributed by atoms with Crippen LogP contribution in [0.2, 0.25) is 0 Å². The van der Waals surface area contributed by atoms with Crippen LogP contribution in [0.15, 0.2) is 48.5 Å². The molecule has 0 saturated heterocycles. The van der Waals surface area contributed by atoms with Gasteiger partial charge in [0.1, 0.15) is 11.6 Å². The van der Waals surface area contributed by atoms with Crippen LogP contribution in [-0.2, 0) is 0 Å². The zero-order valence-corrected chi connectivity index (χ0v) is 10.8. The van der Waals surface area contributed by atoms with Gasteiger partial charge in [-0.1, -0.05) is 24.3 Å². The molecule has 0 atom stereocenters. The third-order valence-electron chi connectivity index (χ3n) is 3.14. The molecule has 1 aliphatic carbocycles. The van der Waals surface area contributed by atoms with Crippen molar-refractivity contribution in [1.82, 2.24) is 5.32 Å². The molecule has 1 aliphatic rings. The quantitative estimate of drug-likeness (QED) is 0.923. The summed E-state index contributed by atoms with van der Waals surface area (Å²) < 4.78 is 18.0. The van der Waals surface area contributed by atoms with Gasteiger partial charge in [-0.15, -0.1) is 0 Å². The minimum Gasteiger partial charge on any atom is -0.410 e. The lowest BCUT2D eigenvalue weighted by atomic mass is 10.1. The summed E-state index contributed by atoms with van der Waals surface area (Å²) in [6, 6.07) is 13.7. The van der Waals surface area contributed by atoms with Crippen LogP contribution in [0.5, 0.6) is 5.75 Å². The summed E-state index contributed by atoms with van der Waals surface area (Å²) in [5, 5.41) is 2.75. The molecular formula is C16H14FNO2. The molecule has 1 amide bonds. The van der Waals surface area contributed by atoms with Crippen molar-refractivity contribution in [3.05, 3.63) is 54.3 Å². The Morgan fingerprint density at radius 3 is 2.10 bits per heavy atom. The Hall–Kier alpha value is -2.36. The first-order chi connectivity index (χ1) is 9.70. The number of carbonyl (C=O) groups is 1. The van der Waals surface area contributed by atoms with E-state index in [4.69, 9.17) is 4.74 Å². The van der Waals surface area contributed by atoms with Gasteiger partial charge in [-0.2, -0.15) is 0 Å². The molecule has 0 aliphatic heterocycles. The van der Waals surface area contributed by atoms with E-state index >= 15 is 0 Å². The zero-order chi connectivity index (χ0) is 13.9. The topological polar surface area (TPSA) is 38.3 Å². The Labute approximate surface area is 116 Å². The van der Waals surface area contributed by atoms with Gasteiger partial charge >= 0.3 is 6.09 Å². The van der Waals surface area contributed by atoms with Gasteiger partial charge in [0.15, 0.2) is 0 Å². The number of carbonyl (C=O) groups excluding carboxylic acids is 1. The monoisotopic (exact) mass is 271 g/mol. The first-order valence-electron chi connectivity index (χ1n) is 6.55. The predicted octanol–water partition coefficient (Wildman–Crippen LogP) is 3.74. The fourth-order valence-corrected chi connectivity index (χ4v) is 1.89. The van der Waals surface area contributed by atoms with Crippen molar-refractivity contribution >= 4 is 6.09 Å². The van der Waals surface area contributed by atoms with Crippen LogP contribution in [0.25, 0.3) is 11.1 Å². The van der Waals surface area contributed by atoms with Gasteiger partial charge in [-0.05, 0) is 48.2 Å². The Morgan fingerprint density at radius 1 is 1.00 bits per heavy atom. The second-order valence-corrected chi connectivity index (χ2v) is 4.84. The molecule has 1 saturated carbocycles. The average Bonchev–Trinajstić information content (AvgIpc) is 3.24. The highest BCUT2D eigenvalue weighted by Crippen LogP contribution is 2.23. The molecule has 0 bridgehead atoms. The van der Waals surface area contributed by atoms with Crippen LogP contribution in [0.3, 0.4) is 0 Å². The summed E-state index contributed by atoms with van der Waals surface area (Å²) in [5.74, 6) is 0.236. The SMILES string of the molecule is O=C(NC1CC1)Oc1ccc(-c2ccc(F)cc2)cc1. The van der Waals surface area contributed by atoms with E-state index in [1.807, 2.05) is 12.1 Å². The van der Waals surface area contributed by atoms with E-state index in [-0.39, 0.29) is 11.9 Å². The summed E-state index contributed by atoms with van der Waals surface area (Å²) >= 11 is 0. The molecule has 2 aromatic carbocycles. The lowest BCUT2D eigenvalue weighted by Gasteiger charge is -2.06. The molecule has 3 rings (SSSR count). The van der Waals surface area contributed by atoms with Gasteiger partial charge in [-0.3, -0.25) is 0 Å². The molecule has 0 heterocycles. The van der Waals surface area contributed by atoms with Crippen molar-refractivity contribution in [2.24, 2.45) is 0 Å². The number of benzene rings is 2. The van der Waals surface area contributed by atoms with E-state index in [1.54, 1.807) is 24.3 Å². The summed E-state index contributed by atoms with van der Waals surface area (Å²) in [6.45, 7) is 0. The fourth-order valence-electron chi connectivity index (χ4n) is 1.89. The van der Waals surface area contributed by atoms with E-state index in [9.17, 15) is 9.18 Å². The molecule has 2 aromatic rings. The second kappa shape index (κ2) is 5.33. The van der Waals surface area contributed by atoms with Crippen LogP contribution >= 0.6 is 0 Å². The van der Waals surface area contributed by atoms with E-state index in [0.29, 0.717) is 5.75 Å². The lowest BCUT2D eigenvalue weighted by molar-refractivity contribution is 0.200. The smallest absolute Gasteiger partial charge is 0.410 e. The summed E-state index contributed by atoms with van der Waals surface area (Å²) in [5.41, 5.74) is 1.86. The van der Waals surface area contributed by atoms with Crippen molar-refractivity contribution in [2.45, 2.75) is 18.9 Å². The highest BCUT2D eigenvalue weighted by atomic mass is 19.1. The van der Waals surface area contributed by atoms with Gasteiger partial charge in [0.25, 0.3) is 0 Å². The number of hydrogen-bond acceptors (Lipinski definition) is 2. The molecule has 102 valence electrons. The van der Waals surface area contributed by atoms with Crippen molar-refractivity contribution < 1.29 is 13.9 Å². The highest BCUT2D eigenvalue weighted by molar-refractivity contribution is 5.72. The molecule has 4 heteroatoms. The van der Waals surface area contributed by atoms with Gasteiger partial charge in [0, 0.05) is 6.04 Å². The number of ether oxygens (including phenoxy) is 1. The molecule has 3 nitrogen and oxygen atoms in total. The van der Waals surface area contributed by atoms with E-state index < -0.39 is 6.09 Å². The third kappa shape index (κ3) is 3.15. The maximum Gasteiger partial charge on any atom is 0.412 e. The largest absolute Gasteiger partial charge is 0.412 e. The highest BCUT2D eigenvalue weighted by Gasteiger charge is 2.24. The molecular weight excluding hydrogens is 257 g/mol. The zero-order valence-electron chi connectivity index (χ0n) is 10.8. The molecule has 0 aromatic heterocycles. The average molecular weight is 271 g/mol. The Kier molecular flexibility index (Phi) is 3.37. The van der Waals surface area contributed by atoms with Gasteiger partial charge < -0.3 is 10.1 Å². The fraction of sp³-hybridized carbons (Fsp3) is 0.188. The number of nitrogens with one attached hydrogen (secondary N) is 1. The number of amides is 1. The number of halogens is 1. The van der Waals surface area contributed by atoms with E-state index in [0.717, 1.165) is 24.0 Å². The summed E-state index contributed by atoms with van der Waals surface area (Å²) in [4.78, 5) is 11.5. The van der Waals surface area contributed by atoms with Crippen molar-refractivity contribution in [2.75, 3.05) is 0 Å². The third-order valence-corrected chi connectivity index (χ3v) is 3.14. The second-order valence-electron chi connectivity index (χ2n) is 4.84. The van der Waals surface area contributed by atoms with Crippen LogP contribution in [0, 0.1) is 5.82 Å². The standard InChI is InChI=1S/C16H14FNO2/c17-13-5-1-11(2-6-13)12-3-9-15(10-4-12)20-16(19)18-14-7-8-14/h1-6,9-10,14H,7-8H2,(H,18,19). The van der Waals surface area contributed by atoms with Gasteiger partial charge in [-0.25, -0.2) is 9.18 Å². The minimum atomic E-state index is -0.415. The predicted molar refractivity (Wildman–Crippen MR) is 74.0 cm³/mol. The molecule has 20 heavy (non-hydrogen) atoms. The lowest BCUT2D eigenvalue weighted by Crippen LogP contribution is -2.28. The molecule has 0 unspecified atom stereocenters. The van der Waals surface area contributed by atoms with E-state index in [2.05, 4.69) is 5.32 Å². The summed E-state index contributed by atoms with van der Waals surface area (Å²) in [6.07, 6.45) is 1.64. The number of hydrogen-bond donors (Lipinski definition) is 1. The van der Waals surface area contributed by atoms with Crippen LogP contribution in [0.4, 0.5) is 9.18 Å². The maximum absolute atomic E-state index is 12.9. The van der Waals surface area contributed by atoms with Crippen LogP contribution in [0.1, 0.15) is 12.8 Å².